The van der Waals surface area contributed by atoms with Crippen molar-refractivity contribution in [2.24, 2.45) is 0 Å². The lowest BCUT2D eigenvalue weighted by atomic mass is 10.1. The average molecular weight is 505 g/mol. The Hall–Kier alpha value is -2.97. The number of rotatable bonds is 7. The summed E-state index contributed by atoms with van der Waals surface area (Å²) in [5.74, 6) is 0.190. The first-order chi connectivity index (χ1) is 16.2. The average Bonchev–Trinajstić information content (AvgIpc) is 3.15. The normalized spacial score (nSPS) is 11.7. The van der Waals surface area contributed by atoms with Crippen LogP contribution in [0.3, 0.4) is 0 Å². The molecule has 0 atom stereocenters. The second-order valence-corrected chi connectivity index (χ2v) is 8.89. The lowest BCUT2D eigenvalue weighted by Gasteiger charge is -2.11. The largest absolute Gasteiger partial charge is 0.462 e. The van der Waals surface area contributed by atoms with E-state index >= 15 is 0 Å². The molecule has 4 rings (SSSR count). The number of hydrogen-bond donors (Lipinski definition) is 0. The molecule has 0 unspecified atom stereocenters. The maximum absolute atomic E-state index is 12.9. The summed E-state index contributed by atoms with van der Waals surface area (Å²) in [4.78, 5) is 16.9. The number of alkyl halides is 3. The van der Waals surface area contributed by atoms with Crippen LogP contribution in [0.25, 0.3) is 11.0 Å². The van der Waals surface area contributed by atoms with E-state index in [1.165, 1.54) is 23.9 Å². The number of thioether (sulfide) groups is 1. The van der Waals surface area contributed by atoms with Gasteiger partial charge in [0.1, 0.15) is 0 Å². The first-order valence-electron chi connectivity index (χ1n) is 10.5. The number of hydrogen-bond acceptors (Lipinski definition) is 4. The highest BCUT2D eigenvalue weighted by Crippen LogP contribution is 2.31. The molecule has 4 nitrogen and oxygen atoms in total. The van der Waals surface area contributed by atoms with Crippen LogP contribution in [0, 0.1) is 0 Å². The van der Waals surface area contributed by atoms with Gasteiger partial charge in [-0.1, -0.05) is 47.6 Å². The monoisotopic (exact) mass is 504 g/mol. The molecule has 0 radical (unpaired) electrons. The maximum Gasteiger partial charge on any atom is 0.416 e. The van der Waals surface area contributed by atoms with Crippen molar-refractivity contribution in [3.8, 4) is 0 Å². The molecule has 0 saturated heterocycles. The SMILES string of the molecule is CCOC(=O)c1ccc2c(c1)nc(SCc1ccc(Cl)cc1)n2Cc1ccc(C(F)(F)F)cc1. The van der Waals surface area contributed by atoms with Crippen LogP contribution in [0.1, 0.15) is 34.0 Å². The van der Waals surface area contributed by atoms with Gasteiger partial charge in [0.2, 0.25) is 0 Å². The molecule has 0 aliphatic rings. The topological polar surface area (TPSA) is 44.1 Å². The van der Waals surface area contributed by atoms with Gasteiger partial charge in [-0.15, -0.1) is 0 Å². The van der Waals surface area contributed by atoms with Gasteiger partial charge in [-0.05, 0) is 60.5 Å². The molecule has 3 aromatic carbocycles. The Balaban J connectivity index is 1.68. The number of carbonyl (C=O) groups excluding carboxylic acids is 1. The minimum absolute atomic E-state index is 0.265. The lowest BCUT2D eigenvalue weighted by molar-refractivity contribution is -0.137. The highest BCUT2D eigenvalue weighted by Gasteiger charge is 2.30. The summed E-state index contributed by atoms with van der Waals surface area (Å²) in [5, 5.41) is 1.33. The second kappa shape index (κ2) is 10.1. The summed E-state index contributed by atoms with van der Waals surface area (Å²) in [6.45, 7) is 2.33. The highest BCUT2D eigenvalue weighted by atomic mass is 35.5. The van der Waals surface area contributed by atoms with E-state index in [0.29, 0.717) is 39.1 Å². The van der Waals surface area contributed by atoms with E-state index in [1.54, 1.807) is 25.1 Å². The molecule has 176 valence electrons. The number of nitrogens with zero attached hydrogens (tertiary/aromatic N) is 2. The molecule has 0 aliphatic carbocycles. The van der Waals surface area contributed by atoms with Crippen molar-refractivity contribution in [2.45, 2.75) is 30.6 Å². The van der Waals surface area contributed by atoms with E-state index in [0.717, 1.165) is 23.2 Å². The first-order valence-corrected chi connectivity index (χ1v) is 11.8. The Bertz CT molecular complexity index is 1300. The number of fused-ring (bicyclic) bond motifs is 1. The van der Waals surface area contributed by atoms with E-state index in [1.807, 2.05) is 28.8 Å². The first kappa shape index (κ1) is 24.2. The van der Waals surface area contributed by atoms with Crippen LogP contribution in [0.2, 0.25) is 5.02 Å². The quantitative estimate of drug-likeness (QED) is 0.197. The van der Waals surface area contributed by atoms with Crippen LogP contribution >= 0.6 is 23.4 Å². The molecule has 0 aliphatic heterocycles. The molecule has 0 bridgehead atoms. The van der Waals surface area contributed by atoms with Gasteiger partial charge in [0.25, 0.3) is 0 Å². The third-order valence-electron chi connectivity index (χ3n) is 5.13. The van der Waals surface area contributed by atoms with Gasteiger partial charge in [-0.3, -0.25) is 0 Å². The van der Waals surface area contributed by atoms with E-state index in [4.69, 9.17) is 21.3 Å². The van der Waals surface area contributed by atoms with Crippen LogP contribution in [0.15, 0.2) is 71.9 Å². The van der Waals surface area contributed by atoms with Crippen LogP contribution in [-0.4, -0.2) is 22.1 Å². The molecule has 1 heterocycles. The maximum atomic E-state index is 12.9. The summed E-state index contributed by atoms with van der Waals surface area (Å²) in [7, 11) is 0. The Morgan fingerprint density at radius 1 is 1.03 bits per heavy atom. The zero-order chi connectivity index (χ0) is 24.3. The number of imidazole rings is 1. The molecule has 34 heavy (non-hydrogen) atoms. The number of benzene rings is 3. The summed E-state index contributed by atoms with van der Waals surface area (Å²) >= 11 is 7.46. The molecule has 4 aromatic rings. The third-order valence-corrected chi connectivity index (χ3v) is 6.43. The molecule has 0 amide bonds. The molecular formula is C25H20ClF3N2O2S. The van der Waals surface area contributed by atoms with Crippen molar-refractivity contribution in [1.82, 2.24) is 9.55 Å². The highest BCUT2D eigenvalue weighted by molar-refractivity contribution is 7.98. The molecule has 0 fully saturated rings. The van der Waals surface area contributed by atoms with Crippen LogP contribution in [0.4, 0.5) is 13.2 Å². The molecule has 0 saturated carbocycles. The zero-order valence-electron chi connectivity index (χ0n) is 18.1. The van der Waals surface area contributed by atoms with Crippen molar-refractivity contribution >= 4 is 40.4 Å². The summed E-state index contributed by atoms with van der Waals surface area (Å²) in [6, 6.07) is 17.7. The van der Waals surface area contributed by atoms with Crippen molar-refractivity contribution < 1.29 is 22.7 Å². The molecule has 0 spiro atoms. The Morgan fingerprint density at radius 2 is 1.71 bits per heavy atom. The molecular weight excluding hydrogens is 485 g/mol. The van der Waals surface area contributed by atoms with Gasteiger partial charge in [0.15, 0.2) is 5.16 Å². The van der Waals surface area contributed by atoms with Crippen LogP contribution in [-0.2, 0) is 23.2 Å². The molecule has 9 heteroatoms. The predicted octanol–water partition coefficient (Wildman–Crippen LogP) is 7.23. The minimum atomic E-state index is -4.39. The Morgan fingerprint density at radius 3 is 2.35 bits per heavy atom. The van der Waals surface area contributed by atoms with Gasteiger partial charge in [0, 0.05) is 10.8 Å². The summed E-state index contributed by atoms with van der Waals surface area (Å²) in [5.41, 5.74) is 2.83. The van der Waals surface area contributed by atoms with Crippen LogP contribution < -0.4 is 0 Å². The molecule has 0 N–H and O–H groups in total. The summed E-state index contributed by atoms with van der Waals surface area (Å²) < 4.78 is 45.9. The van der Waals surface area contributed by atoms with E-state index in [2.05, 4.69) is 0 Å². The standard InChI is InChI=1S/C25H20ClF3N2O2S/c1-2-33-23(32)18-7-12-22-21(13-18)30-24(34-15-17-5-10-20(26)11-6-17)31(22)14-16-3-8-19(9-4-16)25(27,28)29/h3-13H,2,14-15H2,1H3. The fourth-order valence-electron chi connectivity index (χ4n) is 3.42. The van der Waals surface area contributed by atoms with Gasteiger partial charge >= 0.3 is 12.1 Å². The number of aromatic nitrogens is 2. The fraction of sp³-hybridized carbons (Fsp3) is 0.200. The lowest BCUT2D eigenvalue weighted by Crippen LogP contribution is -2.06. The predicted molar refractivity (Wildman–Crippen MR) is 127 cm³/mol. The second-order valence-electron chi connectivity index (χ2n) is 7.51. The van der Waals surface area contributed by atoms with Crippen molar-refractivity contribution in [2.75, 3.05) is 6.61 Å². The third kappa shape index (κ3) is 5.56. The number of halogens is 4. The van der Waals surface area contributed by atoms with Gasteiger partial charge < -0.3 is 9.30 Å². The minimum Gasteiger partial charge on any atom is -0.462 e. The number of esters is 1. The van der Waals surface area contributed by atoms with Gasteiger partial charge in [-0.25, -0.2) is 9.78 Å². The van der Waals surface area contributed by atoms with E-state index in [-0.39, 0.29) is 6.61 Å². The number of ether oxygens (including phenoxy) is 1. The Labute approximate surface area is 203 Å². The molecule has 1 aromatic heterocycles. The smallest absolute Gasteiger partial charge is 0.416 e. The van der Waals surface area contributed by atoms with E-state index < -0.39 is 17.7 Å². The van der Waals surface area contributed by atoms with Gasteiger partial charge in [-0.2, -0.15) is 13.2 Å². The Kier molecular flexibility index (Phi) is 7.19. The van der Waals surface area contributed by atoms with Crippen molar-refractivity contribution in [3.05, 3.63) is 94.0 Å². The fourth-order valence-corrected chi connectivity index (χ4v) is 4.52. The summed E-state index contributed by atoms with van der Waals surface area (Å²) in [6.07, 6.45) is -4.39. The van der Waals surface area contributed by atoms with Crippen molar-refractivity contribution in [3.63, 3.8) is 0 Å². The number of carbonyl (C=O) groups is 1. The van der Waals surface area contributed by atoms with E-state index in [9.17, 15) is 18.0 Å². The van der Waals surface area contributed by atoms with Crippen molar-refractivity contribution in [1.29, 1.82) is 0 Å². The van der Waals surface area contributed by atoms with Crippen LogP contribution in [0.5, 0.6) is 0 Å². The zero-order valence-corrected chi connectivity index (χ0v) is 19.7. The van der Waals surface area contributed by atoms with Gasteiger partial charge in [0.05, 0.1) is 35.3 Å².